The summed E-state index contributed by atoms with van der Waals surface area (Å²) in [5, 5.41) is 0. The maximum atomic E-state index is 7.89. The Bertz CT molecular complexity index is 958. The Morgan fingerprint density at radius 3 is 2.25 bits per heavy atom. The summed E-state index contributed by atoms with van der Waals surface area (Å²) in [5.41, 5.74) is 5.12. The first-order valence-corrected chi connectivity index (χ1v) is 15.6. The Morgan fingerprint density at radius 1 is 0.875 bits per heavy atom. The molecule has 2 aromatic carbocycles. The van der Waals surface area contributed by atoms with E-state index < -0.39 is 20.1 Å². The van der Waals surface area contributed by atoms with Crippen LogP contribution in [0.1, 0.15) is 15.2 Å². The Balaban J connectivity index is 2.15. The molecule has 2 heteroatoms. The van der Waals surface area contributed by atoms with Gasteiger partial charge in [-0.25, -0.2) is 0 Å². The number of hydrogen-bond acceptors (Lipinski definition) is 1. The van der Waals surface area contributed by atoms with Crippen molar-refractivity contribution >= 4 is 17.7 Å². The van der Waals surface area contributed by atoms with Crippen LogP contribution in [0.4, 0.5) is 0 Å². The van der Waals surface area contributed by atoms with Crippen LogP contribution in [0.2, 0.25) is 17.3 Å². The molecular formula is C22H25GeN. The maximum absolute atomic E-state index is 7.89. The van der Waals surface area contributed by atoms with Gasteiger partial charge in [-0.15, -0.1) is 0 Å². The van der Waals surface area contributed by atoms with Crippen molar-refractivity contribution in [3.8, 4) is 22.4 Å². The number of pyridine rings is 1. The van der Waals surface area contributed by atoms with E-state index in [4.69, 9.17) is 9.10 Å². The van der Waals surface area contributed by atoms with Gasteiger partial charge in [-0.3, -0.25) is 0 Å². The van der Waals surface area contributed by atoms with Gasteiger partial charge in [-0.05, 0) is 0 Å². The van der Waals surface area contributed by atoms with Crippen molar-refractivity contribution in [1.82, 2.24) is 4.98 Å². The molecule has 0 amide bonds. The zero-order chi connectivity index (χ0) is 19.8. The van der Waals surface area contributed by atoms with Crippen molar-refractivity contribution in [1.29, 1.82) is 0 Å². The summed E-state index contributed by atoms with van der Waals surface area (Å²) in [6.45, 7) is -0.0113. The van der Waals surface area contributed by atoms with Crippen molar-refractivity contribution in [2.75, 3.05) is 0 Å². The quantitative estimate of drug-likeness (QED) is 0.542. The first-order chi connectivity index (χ1) is 12.6. The molecule has 0 fully saturated rings. The summed E-state index contributed by atoms with van der Waals surface area (Å²) in [5.74, 6) is 7.09. The van der Waals surface area contributed by atoms with Gasteiger partial charge in [-0.2, -0.15) is 0 Å². The molecule has 0 saturated carbocycles. The minimum absolute atomic E-state index is 0.371. The second-order valence-corrected chi connectivity index (χ2v) is 17.8. The van der Waals surface area contributed by atoms with Gasteiger partial charge in [0.15, 0.2) is 0 Å². The van der Waals surface area contributed by atoms with Gasteiger partial charge in [0.05, 0.1) is 0 Å². The second kappa shape index (κ2) is 6.56. The molecule has 0 N–H and O–H groups in total. The molecule has 122 valence electrons. The van der Waals surface area contributed by atoms with Gasteiger partial charge in [0.25, 0.3) is 0 Å². The Morgan fingerprint density at radius 2 is 1.62 bits per heavy atom. The Kier molecular flexibility index (Phi) is 3.67. The molecule has 0 aliphatic rings. The van der Waals surface area contributed by atoms with Crippen LogP contribution in [-0.2, 0) is 0 Å². The zero-order valence-electron chi connectivity index (χ0n) is 17.7. The average Bonchev–Trinajstić information content (AvgIpc) is 2.60. The summed E-state index contributed by atoms with van der Waals surface area (Å²) in [6, 6.07) is 17.4. The van der Waals surface area contributed by atoms with E-state index in [1.807, 2.05) is 48.7 Å². The summed E-state index contributed by atoms with van der Waals surface area (Å²) in [7, 11) is 0. The molecule has 3 aromatic rings. The molecule has 1 nitrogen and oxygen atoms in total. The average molecular weight is 379 g/mol. The van der Waals surface area contributed by atoms with Gasteiger partial charge < -0.3 is 0 Å². The summed E-state index contributed by atoms with van der Waals surface area (Å²) >= 11 is -1.95. The number of aromatic nitrogens is 1. The van der Waals surface area contributed by atoms with E-state index in [9.17, 15) is 0 Å². The number of nitrogens with zero attached hydrogens (tertiary/aromatic N) is 1. The number of aryl methyl sites for hydroxylation is 2. The van der Waals surface area contributed by atoms with Crippen molar-refractivity contribution in [2.45, 2.75) is 31.0 Å². The van der Waals surface area contributed by atoms with Gasteiger partial charge in [0, 0.05) is 0 Å². The summed E-state index contributed by atoms with van der Waals surface area (Å²) < 4.78 is 25.1. The fourth-order valence-corrected chi connectivity index (χ4v) is 6.64. The van der Waals surface area contributed by atoms with E-state index in [1.54, 1.807) is 6.07 Å². The van der Waals surface area contributed by atoms with E-state index in [1.165, 1.54) is 9.96 Å². The van der Waals surface area contributed by atoms with Crippen LogP contribution in [0.25, 0.3) is 22.4 Å². The van der Waals surface area contributed by atoms with Crippen molar-refractivity contribution in [3.63, 3.8) is 0 Å². The third-order valence-corrected chi connectivity index (χ3v) is 8.81. The third kappa shape index (κ3) is 3.46. The molecule has 0 spiro atoms. The molecule has 0 bridgehead atoms. The summed E-state index contributed by atoms with van der Waals surface area (Å²) in [6.07, 6.45) is 2.02. The molecule has 0 saturated heterocycles. The monoisotopic (exact) mass is 380 g/mol. The van der Waals surface area contributed by atoms with Crippen LogP contribution in [0, 0.1) is 13.8 Å². The molecule has 0 aliphatic heterocycles. The van der Waals surface area contributed by atoms with Crippen molar-refractivity contribution in [3.05, 3.63) is 71.9 Å². The fraction of sp³-hybridized carbons (Fsp3) is 0.227. The molecule has 0 aliphatic carbocycles. The van der Waals surface area contributed by atoms with Gasteiger partial charge in [-0.1, -0.05) is 0 Å². The predicted molar refractivity (Wildman–Crippen MR) is 108 cm³/mol. The third-order valence-electron chi connectivity index (χ3n) is 4.32. The number of rotatable bonds is 3. The molecule has 1 aromatic heterocycles. The standard InChI is InChI=1S/C22H25GeN/c1-16-11-12-19(14-20(16)18-9-7-6-8-10-18)22-13-17(2)21(15-24-22)23(3,4)5/h6-15H,1-5H3/i1D3. The molecule has 24 heavy (non-hydrogen) atoms. The predicted octanol–water partition coefficient (Wildman–Crippen LogP) is 5.58. The topological polar surface area (TPSA) is 12.9 Å². The Hall–Kier alpha value is -1.87. The zero-order valence-corrected chi connectivity index (χ0v) is 16.8. The SMILES string of the molecule is [2H]C([2H])([2H])c1ccc(-c2cc(C)[c]([Ge]([CH3])([CH3])[CH3])cn2)cc1-c1ccccc1. The summed E-state index contributed by atoms with van der Waals surface area (Å²) in [4.78, 5) is 4.71. The van der Waals surface area contributed by atoms with E-state index in [0.29, 0.717) is 5.56 Å². The van der Waals surface area contributed by atoms with Gasteiger partial charge in [0.1, 0.15) is 0 Å². The number of hydrogen-bond donors (Lipinski definition) is 0. The molecule has 0 unspecified atom stereocenters. The van der Waals surface area contributed by atoms with Gasteiger partial charge in [0.2, 0.25) is 0 Å². The molecule has 3 rings (SSSR count). The minimum atomic E-state index is -2.16. The second-order valence-electron chi connectivity index (χ2n) is 7.26. The van der Waals surface area contributed by atoms with Crippen LogP contribution in [0.15, 0.2) is 60.8 Å². The first-order valence-electron chi connectivity index (χ1n) is 9.75. The normalized spacial score (nSPS) is 13.9. The molecule has 0 radical (unpaired) electrons. The molecule has 1 heterocycles. The van der Waals surface area contributed by atoms with E-state index >= 15 is 0 Å². The molecular weight excluding hydrogens is 351 g/mol. The van der Waals surface area contributed by atoms with Crippen LogP contribution >= 0.6 is 0 Å². The van der Waals surface area contributed by atoms with E-state index in [0.717, 1.165) is 22.4 Å². The van der Waals surface area contributed by atoms with Crippen LogP contribution < -0.4 is 4.40 Å². The van der Waals surface area contributed by atoms with Crippen LogP contribution in [0.5, 0.6) is 0 Å². The Labute approximate surface area is 152 Å². The number of benzene rings is 2. The van der Waals surface area contributed by atoms with Crippen molar-refractivity contribution < 1.29 is 4.11 Å². The van der Waals surface area contributed by atoms with Crippen LogP contribution in [0.3, 0.4) is 0 Å². The molecule has 0 atom stereocenters. The van der Waals surface area contributed by atoms with Crippen molar-refractivity contribution in [2.24, 2.45) is 0 Å². The first kappa shape index (κ1) is 13.4. The fourth-order valence-electron chi connectivity index (χ4n) is 3.06. The van der Waals surface area contributed by atoms with Crippen LogP contribution in [-0.4, -0.2) is 18.3 Å². The van der Waals surface area contributed by atoms with E-state index in [2.05, 4.69) is 30.3 Å². The van der Waals surface area contributed by atoms with E-state index in [-0.39, 0.29) is 0 Å². The van der Waals surface area contributed by atoms with Gasteiger partial charge >= 0.3 is 152 Å².